The van der Waals surface area contributed by atoms with Gasteiger partial charge >= 0.3 is 17.1 Å². The zero-order valence-electron chi connectivity index (χ0n) is 20.2. The van der Waals surface area contributed by atoms with Gasteiger partial charge in [0, 0.05) is 0 Å². The van der Waals surface area contributed by atoms with E-state index in [2.05, 4.69) is 130 Å². The second-order valence-corrected chi connectivity index (χ2v) is 18.7. The van der Waals surface area contributed by atoms with Gasteiger partial charge in [0.15, 0.2) is 0 Å². The summed E-state index contributed by atoms with van der Waals surface area (Å²) in [6, 6.07) is 0. The predicted molar refractivity (Wildman–Crippen MR) is 127 cm³/mol. The fraction of sp³-hybridized carbons (Fsp3) is 0.615. The summed E-state index contributed by atoms with van der Waals surface area (Å²) < 4.78 is 0. The van der Waals surface area contributed by atoms with Crippen molar-refractivity contribution in [3.63, 3.8) is 0 Å². The van der Waals surface area contributed by atoms with Crippen LogP contribution >= 0.6 is 15.8 Å². The van der Waals surface area contributed by atoms with Crippen LogP contribution in [0.2, 0.25) is 0 Å². The van der Waals surface area contributed by atoms with E-state index < -0.39 is 0 Å². The summed E-state index contributed by atoms with van der Waals surface area (Å²) in [4.78, 5) is 0. The van der Waals surface area contributed by atoms with Crippen molar-refractivity contribution in [3.05, 3.63) is 57.2 Å². The summed E-state index contributed by atoms with van der Waals surface area (Å²) in [6.07, 6.45) is 6.29. The van der Waals surface area contributed by atoms with Crippen molar-refractivity contribution in [2.24, 2.45) is 0 Å². The van der Waals surface area contributed by atoms with E-state index in [-0.39, 0.29) is 53.5 Å². The van der Waals surface area contributed by atoms with E-state index in [1.165, 1.54) is 10.6 Å². The molecule has 0 nitrogen and oxygen atoms in total. The topological polar surface area (TPSA) is 0 Å². The van der Waals surface area contributed by atoms with E-state index >= 15 is 0 Å². The first kappa shape index (κ1) is 28.5. The molecule has 0 heterocycles. The van der Waals surface area contributed by atoms with E-state index in [9.17, 15) is 0 Å². The molecule has 0 aliphatic heterocycles. The van der Waals surface area contributed by atoms with Crippen LogP contribution in [0.3, 0.4) is 0 Å². The largest absolute Gasteiger partial charge is 2.00 e. The van der Waals surface area contributed by atoms with Gasteiger partial charge < -0.3 is 0 Å². The Hall–Kier alpha value is -0.461. The molecule has 0 aromatic carbocycles. The third-order valence-electron chi connectivity index (χ3n) is 3.98. The minimum Gasteiger partial charge on any atom is -0.286 e. The molecule has 0 saturated carbocycles. The molecule has 0 amide bonds. The van der Waals surface area contributed by atoms with Crippen molar-refractivity contribution >= 4 is 15.8 Å². The molecule has 158 valence electrons. The van der Waals surface area contributed by atoms with E-state index in [4.69, 9.17) is 0 Å². The van der Waals surface area contributed by atoms with Crippen LogP contribution in [0.4, 0.5) is 0 Å². The molecule has 2 aliphatic rings. The molecule has 2 rings (SSSR count). The van der Waals surface area contributed by atoms with Crippen molar-refractivity contribution in [1.82, 2.24) is 0 Å². The number of rotatable bonds is 2. The maximum absolute atomic E-state index is 3.14. The van der Waals surface area contributed by atoms with Gasteiger partial charge in [-0.25, -0.2) is 11.5 Å². The number of hydrogen-bond donors (Lipinski definition) is 0. The Balaban J connectivity index is 0.000000523. The second kappa shape index (κ2) is 10.2. The molecule has 0 bridgehead atoms. The SMILES string of the molecule is CC(C)(C)P(C1=C=C=C=[C-]1)C(C)(C)C.CC(C)(C)P(C1=C=C=C=[C-]1)C(C)(C)C.[Fe+2]. The third-order valence-corrected chi connectivity index (χ3v) is 10.7. The third kappa shape index (κ3) is 8.66. The van der Waals surface area contributed by atoms with E-state index in [0.29, 0.717) is 0 Å². The molecule has 2 aliphatic carbocycles. The fourth-order valence-corrected chi connectivity index (χ4v) is 11.4. The Kier molecular flexibility index (Phi) is 10.1. The standard InChI is InChI=1S/2C13H18P.Fe/c2*1-12(2,3)14(13(4,5)6)11-9-7-8-10-11;/h2*1-6H3;/q2*-1;+2. The van der Waals surface area contributed by atoms with Crippen LogP contribution < -0.4 is 0 Å². The van der Waals surface area contributed by atoms with Gasteiger partial charge in [0.2, 0.25) is 0 Å². The van der Waals surface area contributed by atoms with Crippen LogP contribution in [-0.4, -0.2) is 20.6 Å². The molecule has 0 N–H and O–H groups in total. The van der Waals surface area contributed by atoms with Gasteiger partial charge in [0.05, 0.1) is 0 Å². The van der Waals surface area contributed by atoms with Crippen molar-refractivity contribution in [1.29, 1.82) is 0 Å². The zero-order chi connectivity index (χ0) is 22.0. The monoisotopic (exact) mass is 466 g/mol. The minimum atomic E-state index is -0.274. The Morgan fingerprint density at radius 1 is 0.517 bits per heavy atom. The molecular weight excluding hydrogens is 430 g/mol. The van der Waals surface area contributed by atoms with Gasteiger partial charge in [-0.3, -0.25) is 22.9 Å². The average Bonchev–Trinajstić information content (AvgIpc) is 3.06. The van der Waals surface area contributed by atoms with Crippen molar-refractivity contribution in [2.75, 3.05) is 0 Å². The molecule has 0 spiro atoms. The van der Waals surface area contributed by atoms with Crippen molar-refractivity contribution in [3.8, 4) is 0 Å². The van der Waals surface area contributed by atoms with Gasteiger partial charge in [-0.15, -0.1) is 22.8 Å². The van der Waals surface area contributed by atoms with E-state index in [1.54, 1.807) is 0 Å². The minimum absolute atomic E-state index is 0. The molecule has 0 unspecified atom stereocenters. The van der Waals surface area contributed by atoms with Crippen LogP contribution in [0.5, 0.6) is 0 Å². The second-order valence-electron chi connectivity index (χ2n) is 11.1. The average molecular weight is 466 g/mol. The molecule has 0 fully saturated rings. The van der Waals surface area contributed by atoms with Gasteiger partial charge in [0.25, 0.3) is 0 Å². The Morgan fingerprint density at radius 3 is 0.897 bits per heavy atom. The summed E-state index contributed by atoms with van der Waals surface area (Å²) in [5, 5.41) is 3.51. The van der Waals surface area contributed by atoms with Gasteiger partial charge in [0.1, 0.15) is 0 Å². The molecule has 3 heteroatoms. The van der Waals surface area contributed by atoms with Crippen LogP contribution in [-0.2, 0) is 17.1 Å². The summed E-state index contributed by atoms with van der Waals surface area (Å²) in [5.74, 6) is 0. The summed E-state index contributed by atoms with van der Waals surface area (Å²) in [5.41, 5.74) is 17.7. The Bertz CT molecular complexity index is 764. The fourth-order valence-electron chi connectivity index (χ4n) is 4.00. The van der Waals surface area contributed by atoms with Crippen LogP contribution in [0.25, 0.3) is 0 Å². The van der Waals surface area contributed by atoms with E-state index in [1.807, 2.05) is 0 Å². The predicted octanol–water partition coefficient (Wildman–Crippen LogP) is 8.46. The summed E-state index contributed by atoms with van der Waals surface area (Å²) in [7, 11) is -0.549. The quantitative estimate of drug-likeness (QED) is 0.166. The normalized spacial score (nSPS) is 15.0. The summed E-state index contributed by atoms with van der Waals surface area (Å²) >= 11 is 0. The van der Waals surface area contributed by atoms with Crippen LogP contribution in [0, 0.1) is 12.2 Å². The molecule has 0 radical (unpaired) electrons. The first-order chi connectivity index (χ1) is 12.5. The van der Waals surface area contributed by atoms with Gasteiger partial charge in [-0.1, -0.05) is 98.9 Å². The van der Waals surface area contributed by atoms with Gasteiger partial charge in [-0.2, -0.15) is 0 Å². The smallest absolute Gasteiger partial charge is 0.286 e. The molecule has 0 aromatic heterocycles. The molecule has 0 aromatic rings. The maximum Gasteiger partial charge on any atom is 2.00 e. The number of hydrogen-bond acceptors (Lipinski definition) is 0. The van der Waals surface area contributed by atoms with E-state index in [0.717, 1.165) is 0 Å². The maximum atomic E-state index is 3.14. The molecular formula is C26H36FeP2. The molecule has 29 heavy (non-hydrogen) atoms. The zero-order valence-corrected chi connectivity index (χ0v) is 23.1. The van der Waals surface area contributed by atoms with Crippen LogP contribution in [0.1, 0.15) is 83.1 Å². The van der Waals surface area contributed by atoms with Crippen molar-refractivity contribution in [2.45, 2.75) is 104 Å². The molecule has 0 saturated heterocycles. The van der Waals surface area contributed by atoms with Crippen LogP contribution in [0.15, 0.2) is 45.0 Å². The van der Waals surface area contributed by atoms with Gasteiger partial charge in [-0.05, 0) is 20.6 Å². The molecule has 0 atom stereocenters. The number of allylic oxidation sites excluding steroid dienone is 4. The summed E-state index contributed by atoms with van der Waals surface area (Å²) in [6.45, 7) is 27.5. The first-order valence-corrected chi connectivity index (χ1v) is 12.5. The Labute approximate surface area is 193 Å². The van der Waals surface area contributed by atoms with Crippen molar-refractivity contribution < 1.29 is 17.1 Å². The Morgan fingerprint density at radius 2 is 0.759 bits per heavy atom. The first-order valence-electron chi connectivity index (χ1n) is 9.84.